The van der Waals surface area contributed by atoms with E-state index in [1.165, 1.54) is 12.1 Å². The fraction of sp³-hybridized carbons (Fsp3) is 0.0769. The lowest BCUT2D eigenvalue weighted by Gasteiger charge is -2.09. The van der Waals surface area contributed by atoms with Gasteiger partial charge in [-0.2, -0.15) is 0 Å². The Labute approximate surface area is 113 Å². The van der Waals surface area contributed by atoms with Gasteiger partial charge >= 0.3 is 5.97 Å². The van der Waals surface area contributed by atoms with Crippen molar-refractivity contribution >= 4 is 11.7 Å². The molecule has 2 rings (SSSR count). The van der Waals surface area contributed by atoms with Gasteiger partial charge in [0, 0.05) is 24.0 Å². The topological polar surface area (TPSA) is 103 Å². The van der Waals surface area contributed by atoms with Crippen molar-refractivity contribution in [3.05, 3.63) is 64.0 Å². The van der Waals surface area contributed by atoms with Gasteiger partial charge in [0.15, 0.2) is 5.56 Å². The van der Waals surface area contributed by atoms with E-state index in [2.05, 4.69) is 4.98 Å². The van der Waals surface area contributed by atoms with Crippen LogP contribution in [-0.2, 0) is 6.61 Å². The van der Waals surface area contributed by atoms with Crippen molar-refractivity contribution in [1.29, 1.82) is 0 Å². The third-order valence-electron chi connectivity index (χ3n) is 2.53. The molecule has 7 heteroatoms. The maximum Gasteiger partial charge on any atom is 0.346 e. The van der Waals surface area contributed by atoms with Gasteiger partial charge in [-0.05, 0) is 12.1 Å². The summed E-state index contributed by atoms with van der Waals surface area (Å²) in [4.78, 5) is 25.1. The Morgan fingerprint density at radius 3 is 2.75 bits per heavy atom. The number of carboxylic acids is 1. The third kappa shape index (κ3) is 2.89. The molecule has 1 aromatic carbocycles. The molecule has 0 amide bonds. The Hall–Kier alpha value is -2.96. The Balaban J connectivity index is 2.30. The second-order valence-corrected chi connectivity index (χ2v) is 3.86. The second kappa shape index (κ2) is 5.79. The highest BCUT2D eigenvalue weighted by Gasteiger charge is 2.24. The number of nitro benzene ring substituents is 1. The number of ether oxygens (including phenoxy) is 1. The lowest BCUT2D eigenvalue weighted by atomic mass is 10.1. The van der Waals surface area contributed by atoms with Crippen molar-refractivity contribution in [2.75, 3.05) is 0 Å². The average molecular weight is 274 g/mol. The second-order valence-electron chi connectivity index (χ2n) is 3.86. The van der Waals surface area contributed by atoms with Crippen LogP contribution in [0.25, 0.3) is 0 Å². The van der Waals surface area contributed by atoms with E-state index in [-0.39, 0.29) is 12.4 Å². The molecule has 0 saturated carbocycles. The van der Waals surface area contributed by atoms with E-state index in [0.29, 0.717) is 0 Å². The van der Waals surface area contributed by atoms with Gasteiger partial charge in [-0.1, -0.05) is 12.1 Å². The normalized spacial score (nSPS) is 10.0. The summed E-state index contributed by atoms with van der Waals surface area (Å²) in [6, 6.07) is 7.35. The molecular weight excluding hydrogens is 264 g/mol. The summed E-state index contributed by atoms with van der Waals surface area (Å²) in [5, 5.41) is 19.9. The Kier molecular flexibility index (Phi) is 3.90. The van der Waals surface area contributed by atoms with E-state index in [1.54, 1.807) is 24.5 Å². The van der Waals surface area contributed by atoms with E-state index in [0.717, 1.165) is 11.6 Å². The standard InChI is InChI=1S/C13H10N2O5/c16-13(17)12-10(15(18)19)4-1-5-11(12)20-8-9-3-2-6-14-7-9/h1-7H,8H2,(H,16,17). The molecule has 0 bridgehead atoms. The van der Waals surface area contributed by atoms with Gasteiger partial charge in [0.05, 0.1) is 4.92 Å². The number of nitro groups is 1. The van der Waals surface area contributed by atoms with Crippen molar-refractivity contribution in [3.63, 3.8) is 0 Å². The molecule has 0 fully saturated rings. The zero-order valence-corrected chi connectivity index (χ0v) is 10.2. The summed E-state index contributed by atoms with van der Waals surface area (Å²) in [6.07, 6.45) is 3.16. The summed E-state index contributed by atoms with van der Waals surface area (Å²) in [5.41, 5.74) is -0.224. The molecule has 102 valence electrons. The lowest BCUT2D eigenvalue weighted by molar-refractivity contribution is -0.385. The van der Waals surface area contributed by atoms with Gasteiger partial charge in [-0.3, -0.25) is 15.1 Å². The predicted molar refractivity (Wildman–Crippen MR) is 68.6 cm³/mol. The number of hydrogen-bond donors (Lipinski definition) is 1. The molecule has 0 aliphatic carbocycles. The first-order valence-corrected chi connectivity index (χ1v) is 5.62. The first-order chi connectivity index (χ1) is 9.59. The first-order valence-electron chi connectivity index (χ1n) is 5.62. The van der Waals surface area contributed by atoms with Crippen LogP contribution in [0, 0.1) is 10.1 Å². The van der Waals surface area contributed by atoms with Gasteiger partial charge in [0.1, 0.15) is 12.4 Å². The number of carboxylic acid groups (broad SMARTS) is 1. The molecule has 0 aliphatic heterocycles. The molecule has 0 spiro atoms. The Morgan fingerprint density at radius 1 is 1.35 bits per heavy atom. The Bertz CT molecular complexity index is 642. The number of nitrogens with zero attached hydrogens (tertiary/aromatic N) is 2. The summed E-state index contributed by atoms with van der Waals surface area (Å²) < 4.78 is 5.35. The number of rotatable bonds is 5. The Morgan fingerprint density at radius 2 is 2.15 bits per heavy atom. The minimum absolute atomic E-state index is 0.0458. The highest BCUT2D eigenvalue weighted by Crippen LogP contribution is 2.28. The zero-order valence-electron chi connectivity index (χ0n) is 10.2. The minimum Gasteiger partial charge on any atom is -0.488 e. The quantitative estimate of drug-likeness (QED) is 0.662. The number of aromatic carboxylic acids is 1. The van der Waals surface area contributed by atoms with Gasteiger partial charge in [0.2, 0.25) is 0 Å². The summed E-state index contributed by atoms with van der Waals surface area (Å²) in [7, 11) is 0. The molecule has 0 unspecified atom stereocenters. The van der Waals surface area contributed by atoms with Crippen LogP contribution < -0.4 is 4.74 Å². The number of hydrogen-bond acceptors (Lipinski definition) is 5. The fourth-order valence-corrected chi connectivity index (χ4v) is 1.65. The highest BCUT2D eigenvalue weighted by molar-refractivity contribution is 5.95. The van der Waals surface area contributed by atoms with E-state index < -0.39 is 22.1 Å². The molecule has 7 nitrogen and oxygen atoms in total. The van der Waals surface area contributed by atoms with E-state index in [9.17, 15) is 14.9 Å². The van der Waals surface area contributed by atoms with Crippen LogP contribution in [0.1, 0.15) is 15.9 Å². The third-order valence-corrected chi connectivity index (χ3v) is 2.53. The van der Waals surface area contributed by atoms with E-state index >= 15 is 0 Å². The van der Waals surface area contributed by atoms with Gasteiger partial charge in [-0.15, -0.1) is 0 Å². The van der Waals surface area contributed by atoms with Crippen LogP contribution in [0.15, 0.2) is 42.7 Å². The SMILES string of the molecule is O=C(O)c1c(OCc2cccnc2)cccc1[N+](=O)[O-]. The molecule has 2 aromatic rings. The van der Waals surface area contributed by atoms with Crippen LogP contribution >= 0.6 is 0 Å². The lowest BCUT2D eigenvalue weighted by Crippen LogP contribution is -2.07. The largest absolute Gasteiger partial charge is 0.488 e. The molecule has 20 heavy (non-hydrogen) atoms. The van der Waals surface area contributed by atoms with Crippen molar-refractivity contribution < 1.29 is 19.6 Å². The predicted octanol–water partition coefficient (Wildman–Crippen LogP) is 2.27. The summed E-state index contributed by atoms with van der Waals surface area (Å²) >= 11 is 0. The van der Waals surface area contributed by atoms with Crippen LogP contribution in [0.4, 0.5) is 5.69 Å². The van der Waals surface area contributed by atoms with Crippen molar-refractivity contribution in [2.24, 2.45) is 0 Å². The molecule has 1 heterocycles. The zero-order chi connectivity index (χ0) is 14.5. The monoisotopic (exact) mass is 274 g/mol. The van der Waals surface area contributed by atoms with Crippen LogP contribution in [-0.4, -0.2) is 21.0 Å². The van der Waals surface area contributed by atoms with Gasteiger partial charge in [-0.25, -0.2) is 4.79 Å². The van der Waals surface area contributed by atoms with Crippen molar-refractivity contribution in [1.82, 2.24) is 4.98 Å². The average Bonchev–Trinajstić information content (AvgIpc) is 2.45. The fourth-order valence-electron chi connectivity index (χ4n) is 1.65. The van der Waals surface area contributed by atoms with Crippen LogP contribution in [0.2, 0.25) is 0 Å². The first kappa shape index (κ1) is 13.5. The number of pyridine rings is 1. The summed E-state index contributed by atoms with van der Waals surface area (Å²) in [5.74, 6) is -1.45. The maximum absolute atomic E-state index is 11.2. The van der Waals surface area contributed by atoms with Crippen LogP contribution in [0.3, 0.4) is 0 Å². The minimum atomic E-state index is -1.40. The van der Waals surface area contributed by atoms with Crippen molar-refractivity contribution in [3.8, 4) is 5.75 Å². The highest BCUT2D eigenvalue weighted by atomic mass is 16.6. The molecule has 0 saturated heterocycles. The van der Waals surface area contributed by atoms with E-state index in [4.69, 9.17) is 9.84 Å². The van der Waals surface area contributed by atoms with Gasteiger partial charge in [0.25, 0.3) is 5.69 Å². The molecule has 0 atom stereocenters. The number of carbonyl (C=O) groups is 1. The van der Waals surface area contributed by atoms with Crippen LogP contribution in [0.5, 0.6) is 5.75 Å². The summed E-state index contributed by atoms with van der Waals surface area (Å²) in [6.45, 7) is 0.0787. The van der Waals surface area contributed by atoms with E-state index in [1.807, 2.05) is 0 Å². The van der Waals surface area contributed by atoms with Gasteiger partial charge < -0.3 is 9.84 Å². The number of benzene rings is 1. The molecule has 0 radical (unpaired) electrons. The molecule has 0 aliphatic rings. The molecule has 1 N–H and O–H groups in total. The smallest absolute Gasteiger partial charge is 0.346 e. The molecule has 1 aromatic heterocycles. The number of aromatic nitrogens is 1. The molecular formula is C13H10N2O5. The maximum atomic E-state index is 11.2. The van der Waals surface area contributed by atoms with Crippen molar-refractivity contribution in [2.45, 2.75) is 6.61 Å².